The van der Waals surface area contributed by atoms with Crippen LogP contribution in [0.15, 0.2) is 0 Å². The van der Waals surface area contributed by atoms with Crippen LogP contribution in [0.2, 0.25) is 0 Å². The Balaban J connectivity index is 0. The molecule has 0 aliphatic rings. The summed E-state index contributed by atoms with van der Waals surface area (Å²) < 4.78 is 1.12. The van der Waals surface area contributed by atoms with Crippen LogP contribution in [0.3, 0.4) is 0 Å². The van der Waals surface area contributed by atoms with Gasteiger partial charge in [0.05, 0.1) is 36.1 Å². The molecular formula is C19H45BN+. The Labute approximate surface area is 138 Å². The molecule has 128 valence electrons. The highest BCUT2D eigenvalue weighted by Gasteiger charge is 2.04. The summed E-state index contributed by atoms with van der Waals surface area (Å²) in [4.78, 5) is 0. The van der Waals surface area contributed by atoms with Crippen LogP contribution < -0.4 is 0 Å². The van der Waals surface area contributed by atoms with Crippen LogP contribution >= 0.6 is 0 Å². The molecule has 0 saturated heterocycles. The van der Waals surface area contributed by atoms with Gasteiger partial charge in [0.25, 0.3) is 0 Å². The molecule has 0 heterocycles. The van der Waals surface area contributed by atoms with Gasteiger partial charge in [0.15, 0.2) is 0 Å². The number of unbranched alkanes of at least 4 members (excludes halogenated alkanes) is 13. The zero-order valence-corrected chi connectivity index (χ0v) is 15.1. The Bertz CT molecular complexity index is 186. The first-order valence-electron chi connectivity index (χ1n) is 9.36. The van der Waals surface area contributed by atoms with Crippen molar-refractivity contribution in [1.82, 2.24) is 0 Å². The topological polar surface area (TPSA) is 0 Å². The van der Waals surface area contributed by atoms with Crippen LogP contribution in [-0.2, 0) is 0 Å². The maximum absolute atomic E-state index is 2.29. The van der Waals surface area contributed by atoms with Gasteiger partial charge in [-0.05, 0) is 12.8 Å². The van der Waals surface area contributed by atoms with Crippen LogP contribution in [0.25, 0.3) is 0 Å². The highest BCUT2D eigenvalue weighted by molar-refractivity contribution is 5.75. The average molecular weight is 298 g/mol. The predicted molar refractivity (Wildman–Crippen MR) is 103 cm³/mol. The smallest absolute Gasteiger partial charge is 0.0814 e. The fraction of sp³-hybridized carbons (Fsp3) is 1.00. The summed E-state index contributed by atoms with van der Waals surface area (Å²) >= 11 is 0. The first-order valence-corrected chi connectivity index (χ1v) is 9.36. The lowest BCUT2D eigenvalue weighted by Crippen LogP contribution is -2.35. The number of hydrogen-bond donors (Lipinski definition) is 0. The van der Waals surface area contributed by atoms with Crippen molar-refractivity contribution in [2.75, 3.05) is 27.7 Å². The van der Waals surface area contributed by atoms with E-state index in [2.05, 4.69) is 28.1 Å². The van der Waals surface area contributed by atoms with E-state index < -0.39 is 0 Å². The molecule has 21 heavy (non-hydrogen) atoms. The third kappa shape index (κ3) is 22.4. The minimum Gasteiger partial charge on any atom is -0.331 e. The van der Waals surface area contributed by atoms with Gasteiger partial charge in [0.1, 0.15) is 0 Å². The number of nitrogens with zero attached hydrogens (tertiary/aromatic N) is 1. The van der Waals surface area contributed by atoms with E-state index in [1.54, 1.807) is 0 Å². The molecular weight excluding hydrogens is 253 g/mol. The van der Waals surface area contributed by atoms with Gasteiger partial charge in [-0.25, -0.2) is 0 Å². The second-order valence-electron chi connectivity index (χ2n) is 7.61. The van der Waals surface area contributed by atoms with Crippen molar-refractivity contribution in [3.05, 3.63) is 0 Å². The Kier molecular flexibility index (Phi) is 18.2. The van der Waals surface area contributed by atoms with Crippen molar-refractivity contribution in [3.63, 3.8) is 0 Å². The van der Waals surface area contributed by atoms with Crippen LogP contribution in [0.4, 0.5) is 0 Å². The van der Waals surface area contributed by atoms with E-state index in [9.17, 15) is 0 Å². The molecule has 0 radical (unpaired) electrons. The summed E-state index contributed by atoms with van der Waals surface area (Å²) in [5.41, 5.74) is 0. The van der Waals surface area contributed by atoms with Crippen molar-refractivity contribution in [2.45, 2.75) is 96.8 Å². The minimum atomic E-state index is 0. The molecule has 0 saturated carbocycles. The van der Waals surface area contributed by atoms with Crippen LogP contribution in [0, 0.1) is 0 Å². The molecule has 0 atom stereocenters. The second-order valence-corrected chi connectivity index (χ2v) is 7.61. The molecule has 0 fully saturated rings. The molecule has 0 aliphatic heterocycles. The third-order valence-electron chi connectivity index (χ3n) is 4.18. The summed E-state index contributed by atoms with van der Waals surface area (Å²) in [6, 6.07) is 0. The van der Waals surface area contributed by atoms with Crippen molar-refractivity contribution in [1.29, 1.82) is 0 Å². The third-order valence-corrected chi connectivity index (χ3v) is 4.18. The minimum absolute atomic E-state index is 0. The molecule has 0 aromatic rings. The molecule has 0 bridgehead atoms. The summed E-state index contributed by atoms with van der Waals surface area (Å²) in [6.45, 7) is 3.63. The maximum atomic E-state index is 2.29. The fourth-order valence-electron chi connectivity index (χ4n) is 2.78. The van der Waals surface area contributed by atoms with Crippen molar-refractivity contribution >= 4 is 8.41 Å². The first-order chi connectivity index (χ1) is 9.56. The zero-order chi connectivity index (χ0) is 15.1. The molecule has 1 nitrogen and oxygen atoms in total. The summed E-state index contributed by atoms with van der Waals surface area (Å²) in [6.07, 6.45) is 20.4. The largest absolute Gasteiger partial charge is 0.331 e. The Hall–Kier alpha value is 0.0249. The second kappa shape index (κ2) is 16.4. The maximum Gasteiger partial charge on any atom is 0.0814 e. The fourth-order valence-corrected chi connectivity index (χ4v) is 2.78. The molecule has 0 spiro atoms. The van der Waals surface area contributed by atoms with E-state index in [4.69, 9.17) is 0 Å². The van der Waals surface area contributed by atoms with E-state index in [1.807, 2.05) is 0 Å². The predicted octanol–water partition coefficient (Wildman–Crippen LogP) is 4.99. The van der Waals surface area contributed by atoms with Gasteiger partial charge in [-0.15, -0.1) is 0 Å². The van der Waals surface area contributed by atoms with E-state index >= 15 is 0 Å². The van der Waals surface area contributed by atoms with Gasteiger partial charge >= 0.3 is 0 Å². The van der Waals surface area contributed by atoms with Gasteiger partial charge < -0.3 is 4.48 Å². The van der Waals surface area contributed by atoms with Crippen LogP contribution in [0.5, 0.6) is 0 Å². The van der Waals surface area contributed by atoms with Crippen LogP contribution in [0.1, 0.15) is 96.8 Å². The van der Waals surface area contributed by atoms with E-state index in [1.165, 1.54) is 96.4 Å². The lowest BCUT2D eigenvalue weighted by molar-refractivity contribution is -0.870. The lowest BCUT2D eigenvalue weighted by atomic mass is 10.0. The number of hydrogen-bond acceptors (Lipinski definition) is 0. The summed E-state index contributed by atoms with van der Waals surface area (Å²) in [5.74, 6) is 0. The molecule has 0 aromatic carbocycles. The van der Waals surface area contributed by atoms with Gasteiger partial charge in [-0.2, -0.15) is 0 Å². The van der Waals surface area contributed by atoms with Gasteiger partial charge in [0.2, 0.25) is 0 Å². The van der Waals surface area contributed by atoms with E-state index in [0.29, 0.717) is 0 Å². The molecule has 0 aromatic heterocycles. The Morgan fingerprint density at radius 2 is 0.762 bits per heavy atom. The molecule has 2 heteroatoms. The van der Waals surface area contributed by atoms with Crippen molar-refractivity contribution < 1.29 is 4.48 Å². The zero-order valence-electron chi connectivity index (χ0n) is 15.1. The first kappa shape index (κ1) is 23.3. The Morgan fingerprint density at radius 1 is 0.476 bits per heavy atom. The summed E-state index contributed by atoms with van der Waals surface area (Å²) in [7, 11) is 6.88. The quantitative estimate of drug-likeness (QED) is 0.227. The van der Waals surface area contributed by atoms with Crippen molar-refractivity contribution in [3.8, 4) is 0 Å². The summed E-state index contributed by atoms with van der Waals surface area (Å²) in [5, 5.41) is 0. The van der Waals surface area contributed by atoms with Gasteiger partial charge in [0, 0.05) is 0 Å². The van der Waals surface area contributed by atoms with Gasteiger partial charge in [-0.3, -0.25) is 0 Å². The SMILES string of the molecule is B.CCCCCCCCCCCCCCCC[N+](C)(C)C. The van der Waals surface area contributed by atoms with Gasteiger partial charge in [-0.1, -0.05) is 84.0 Å². The molecule has 0 unspecified atom stereocenters. The lowest BCUT2D eigenvalue weighted by Gasteiger charge is -2.23. The normalized spacial score (nSPS) is 11.4. The number of quaternary nitrogens is 1. The highest BCUT2D eigenvalue weighted by Crippen LogP contribution is 2.13. The average Bonchev–Trinajstić information content (AvgIpc) is 2.38. The molecule has 0 rings (SSSR count). The van der Waals surface area contributed by atoms with Crippen LogP contribution in [-0.4, -0.2) is 40.6 Å². The number of rotatable bonds is 15. The molecule has 0 aliphatic carbocycles. The van der Waals surface area contributed by atoms with Crippen molar-refractivity contribution in [2.24, 2.45) is 0 Å². The molecule has 0 N–H and O–H groups in total. The monoisotopic (exact) mass is 298 g/mol. The van der Waals surface area contributed by atoms with E-state index in [-0.39, 0.29) is 8.41 Å². The highest BCUT2D eigenvalue weighted by atomic mass is 15.3. The molecule has 0 amide bonds. The standard InChI is InChI=1S/C19H42N.BH3/c1-5-6-7-8-9-10-11-12-13-14-15-16-17-18-19-20(2,3)4;/h5-19H2,1-4H3;1H3/q+1;. The van der Waals surface area contributed by atoms with E-state index in [0.717, 1.165) is 4.48 Å². The Morgan fingerprint density at radius 3 is 1.05 bits per heavy atom.